The minimum absolute atomic E-state index is 0. The molecule has 132 valence electrons. The van der Waals surface area contributed by atoms with Gasteiger partial charge in [-0.1, -0.05) is 12.1 Å². The lowest BCUT2D eigenvalue weighted by Crippen LogP contribution is -3.13. The van der Waals surface area contributed by atoms with Crippen LogP contribution in [0.1, 0.15) is 22.6 Å². The maximum atomic E-state index is 8.74. The molecule has 1 aliphatic heterocycles. The van der Waals surface area contributed by atoms with Gasteiger partial charge in [-0.05, 0) is 28.5 Å². The molecule has 1 saturated heterocycles. The summed E-state index contributed by atoms with van der Waals surface area (Å²) in [6.45, 7) is 4.72. The molecule has 0 amide bonds. The maximum absolute atomic E-state index is 8.74. The van der Waals surface area contributed by atoms with Gasteiger partial charge in [0, 0.05) is 28.2 Å². The Balaban J connectivity index is 0.00000208. The maximum Gasteiger partial charge on any atom is 0.101 e. The Kier molecular flexibility index (Phi) is 8.45. The molecule has 0 bridgehead atoms. The van der Waals surface area contributed by atoms with Crippen molar-refractivity contribution in [2.24, 2.45) is 0 Å². The Morgan fingerprint density at radius 3 is 2.17 bits per heavy atom. The number of piperidine rings is 1. The van der Waals surface area contributed by atoms with E-state index < -0.39 is 0 Å². The molecule has 2 aromatic heterocycles. The summed E-state index contributed by atoms with van der Waals surface area (Å²) in [5.74, 6) is 0. The first-order valence-corrected chi connectivity index (χ1v) is 9.96. The second kappa shape index (κ2) is 10.3. The Labute approximate surface area is 158 Å². The predicted octanol–water partition coefficient (Wildman–Crippen LogP) is -0.697. The van der Waals surface area contributed by atoms with E-state index in [1.807, 2.05) is 22.7 Å². The fraction of sp³-hybridized carbons (Fsp3) is 0.444. The van der Waals surface area contributed by atoms with E-state index >= 15 is 0 Å². The Hall–Kier alpha value is -0.690. The lowest BCUT2D eigenvalue weighted by atomic mass is 9.96. The number of quaternary nitrogens is 1. The second-order valence-electron chi connectivity index (χ2n) is 5.77. The number of likely N-dealkylation sites (tertiary alicyclic amines) is 1. The average Bonchev–Trinajstić information content (AvgIpc) is 3.28. The zero-order valence-electron chi connectivity index (χ0n) is 13.7. The van der Waals surface area contributed by atoms with Crippen molar-refractivity contribution in [3.8, 4) is 0 Å². The van der Waals surface area contributed by atoms with Crippen molar-refractivity contribution in [1.82, 2.24) is 0 Å². The molecular weight excluding hydrogens is 362 g/mol. The summed E-state index contributed by atoms with van der Waals surface area (Å²) >= 11 is 3.68. The van der Waals surface area contributed by atoms with Gasteiger partial charge in [-0.25, -0.2) is 0 Å². The van der Waals surface area contributed by atoms with Gasteiger partial charge in [-0.15, -0.1) is 22.7 Å². The monoisotopic (exact) mass is 385 g/mol. The molecule has 2 aromatic rings. The van der Waals surface area contributed by atoms with E-state index in [1.165, 1.54) is 41.3 Å². The first-order valence-electron chi connectivity index (χ1n) is 8.20. The molecule has 0 radical (unpaired) electrons. The van der Waals surface area contributed by atoms with Gasteiger partial charge in [-0.3, -0.25) is 0 Å². The van der Waals surface area contributed by atoms with Crippen LogP contribution in [-0.4, -0.2) is 44.6 Å². The molecule has 0 atom stereocenters. The van der Waals surface area contributed by atoms with Gasteiger partial charge in [-0.2, -0.15) is 0 Å². The summed E-state index contributed by atoms with van der Waals surface area (Å²) in [5.41, 5.74) is 3.08. The summed E-state index contributed by atoms with van der Waals surface area (Å²) in [6.07, 6.45) is 2.33. The Morgan fingerprint density at radius 1 is 1.04 bits per heavy atom. The summed E-state index contributed by atoms with van der Waals surface area (Å²) in [6, 6.07) is 8.78. The molecule has 0 unspecified atom stereocenters. The van der Waals surface area contributed by atoms with Gasteiger partial charge < -0.3 is 27.2 Å². The van der Waals surface area contributed by atoms with Crippen LogP contribution in [0.25, 0.3) is 5.57 Å². The quantitative estimate of drug-likeness (QED) is 0.618. The Bertz CT molecular complexity index is 565. The van der Waals surface area contributed by atoms with E-state index in [4.69, 9.17) is 9.84 Å². The summed E-state index contributed by atoms with van der Waals surface area (Å²) in [7, 11) is 0. The number of aliphatic hydroxyl groups is 1. The van der Waals surface area contributed by atoms with Crippen molar-refractivity contribution < 1.29 is 27.2 Å². The van der Waals surface area contributed by atoms with Gasteiger partial charge in [0.2, 0.25) is 0 Å². The molecule has 3 heterocycles. The molecule has 1 aliphatic rings. The summed E-state index contributed by atoms with van der Waals surface area (Å²) in [5, 5.41) is 13.1. The summed E-state index contributed by atoms with van der Waals surface area (Å²) in [4.78, 5) is 4.41. The van der Waals surface area contributed by atoms with Crippen molar-refractivity contribution in [2.75, 3.05) is 39.5 Å². The van der Waals surface area contributed by atoms with Gasteiger partial charge in [0.25, 0.3) is 0 Å². The highest BCUT2D eigenvalue weighted by Crippen LogP contribution is 2.35. The van der Waals surface area contributed by atoms with E-state index in [0.29, 0.717) is 6.61 Å². The van der Waals surface area contributed by atoms with Gasteiger partial charge in [0.1, 0.15) is 6.54 Å². The largest absolute Gasteiger partial charge is 1.00 e. The fourth-order valence-electron chi connectivity index (χ4n) is 3.10. The number of rotatable bonds is 7. The molecule has 3 nitrogen and oxygen atoms in total. The van der Waals surface area contributed by atoms with Crippen LogP contribution < -0.4 is 17.3 Å². The minimum Gasteiger partial charge on any atom is -1.00 e. The van der Waals surface area contributed by atoms with E-state index in [1.54, 1.807) is 10.5 Å². The van der Waals surface area contributed by atoms with Gasteiger partial charge in [0.15, 0.2) is 0 Å². The van der Waals surface area contributed by atoms with Crippen LogP contribution in [0.4, 0.5) is 0 Å². The van der Waals surface area contributed by atoms with E-state index in [9.17, 15) is 0 Å². The third-order valence-corrected chi connectivity index (χ3v) is 6.06. The van der Waals surface area contributed by atoms with Crippen LogP contribution in [0.15, 0.2) is 40.6 Å². The predicted molar refractivity (Wildman–Crippen MR) is 97.4 cm³/mol. The highest BCUT2D eigenvalue weighted by Gasteiger charge is 2.22. The zero-order chi connectivity index (χ0) is 15.9. The Morgan fingerprint density at radius 2 is 1.67 bits per heavy atom. The number of nitrogens with one attached hydrogen (secondary N) is 1. The fourth-order valence-corrected chi connectivity index (χ4v) is 4.83. The SMILES string of the molecule is OCCOCC[NH+]1CCC(=C(c2cccs2)c2cccs2)CC1.[Cl-]. The molecule has 2 N–H and O–H groups in total. The minimum atomic E-state index is 0. The molecule has 1 fully saturated rings. The smallest absolute Gasteiger partial charge is 0.101 e. The molecule has 3 rings (SSSR count). The molecular formula is C18H24ClNO2S2. The summed E-state index contributed by atoms with van der Waals surface area (Å²) < 4.78 is 5.40. The van der Waals surface area contributed by atoms with Crippen LogP contribution >= 0.6 is 22.7 Å². The van der Waals surface area contributed by atoms with Crippen LogP contribution in [0.3, 0.4) is 0 Å². The first kappa shape index (κ1) is 19.6. The van der Waals surface area contributed by atoms with Crippen molar-refractivity contribution in [1.29, 1.82) is 0 Å². The van der Waals surface area contributed by atoms with Gasteiger partial charge >= 0.3 is 0 Å². The zero-order valence-corrected chi connectivity index (χ0v) is 16.1. The van der Waals surface area contributed by atoms with Crippen molar-refractivity contribution in [3.05, 3.63) is 50.4 Å². The molecule has 6 heteroatoms. The third-order valence-electron chi connectivity index (χ3n) is 4.28. The standard InChI is InChI=1S/C18H23NO2S2.ClH/c20-10-12-21-11-9-19-7-5-15(6-8-19)18(16-3-1-13-22-16)17-4-2-14-23-17;/h1-4,13-14,20H,5-12H2;1H. The first-order chi connectivity index (χ1) is 11.4. The lowest BCUT2D eigenvalue weighted by molar-refractivity contribution is -0.903. The number of hydrogen-bond donors (Lipinski definition) is 2. The number of ether oxygens (including phenoxy) is 1. The molecule has 0 aromatic carbocycles. The van der Waals surface area contributed by atoms with E-state index in [-0.39, 0.29) is 19.0 Å². The highest BCUT2D eigenvalue weighted by molar-refractivity contribution is 7.13. The highest BCUT2D eigenvalue weighted by atomic mass is 35.5. The van der Waals surface area contributed by atoms with Gasteiger partial charge in [0.05, 0.1) is 32.9 Å². The van der Waals surface area contributed by atoms with Crippen LogP contribution in [-0.2, 0) is 4.74 Å². The average molecular weight is 386 g/mol. The molecule has 24 heavy (non-hydrogen) atoms. The second-order valence-corrected chi connectivity index (χ2v) is 7.66. The van der Waals surface area contributed by atoms with E-state index in [2.05, 4.69) is 35.0 Å². The lowest BCUT2D eigenvalue weighted by Gasteiger charge is -2.27. The van der Waals surface area contributed by atoms with Crippen molar-refractivity contribution in [3.63, 3.8) is 0 Å². The number of aliphatic hydroxyl groups excluding tert-OH is 1. The normalized spacial score (nSPS) is 17.5. The van der Waals surface area contributed by atoms with Crippen LogP contribution in [0.2, 0.25) is 0 Å². The van der Waals surface area contributed by atoms with Crippen LogP contribution in [0, 0.1) is 0 Å². The number of thiophene rings is 2. The topological polar surface area (TPSA) is 33.9 Å². The number of halogens is 1. The van der Waals surface area contributed by atoms with Crippen molar-refractivity contribution >= 4 is 28.2 Å². The molecule has 0 saturated carbocycles. The molecule has 0 spiro atoms. The number of hydrogen-bond acceptors (Lipinski definition) is 4. The van der Waals surface area contributed by atoms with Crippen LogP contribution in [0.5, 0.6) is 0 Å². The third kappa shape index (κ3) is 5.15. The van der Waals surface area contributed by atoms with Crippen molar-refractivity contribution in [2.45, 2.75) is 12.8 Å². The van der Waals surface area contributed by atoms with E-state index in [0.717, 1.165) is 13.2 Å². The molecule has 0 aliphatic carbocycles.